The van der Waals surface area contributed by atoms with Crippen molar-refractivity contribution < 1.29 is 0 Å². The van der Waals surface area contributed by atoms with Crippen LogP contribution in [-0.4, -0.2) is 45.6 Å². The first-order valence-electron chi connectivity index (χ1n) is 8.33. The SMILES string of the molecule is Nc1nccc(-c2c[nH]c3nccc(N4CCC5CNCC54)c23)n1. The lowest BCUT2D eigenvalue weighted by molar-refractivity contribution is 0.579. The van der Waals surface area contributed by atoms with Gasteiger partial charge in [-0.15, -0.1) is 0 Å². The summed E-state index contributed by atoms with van der Waals surface area (Å²) in [5, 5.41) is 4.63. The number of nitrogens with two attached hydrogens (primary N) is 1. The van der Waals surface area contributed by atoms with Gasteiger partial charge in [-0.25, -0.2) is 15.0 Å². The molecule has 2 atom stereocenters. The molecule has 4 N–H and O–H groups in total. The Bertz CT molecular complexity index is 903. The van der Waals surface area contributed by atoms with Gasteiger partial charge in [0.25, 0.3) is 0 Å². The summed E-state index contributed by atoms with van der Waals surface area (Å²) >= 11 is 0. The van der Waals surface area contributed by atoms with E-state index in [0.717, 1.165) is 47.8 Å². The molecule has 2 fully saturated rings. The van der Waals surface area contributed by atoms with Crippen LogP contribution in [0.5, 0.6) is 0 Å². The van der Waals surface area contributed by atoms with Gasteiger partial charge in [-0.05, 0) is 24.5 Å². The third-order valence-corrected chi connectivity index (χ3v) is 5.26. The Morgan fingerprint density at radius 3 is 3.00 bits per heavy atom. The summed E-state index contributed by atoms with van der Waals surface area (Å²) in [7, 11) is 0. The molecule has 0 aliphatic carbocycles. The number of aromatic nitrogens is 4. The second kappa shape index (κ2) is 5.17. The second-order valence-electron chi connectivity index (χ2n) is 6.52. The molecule has 0 aromatic carbocycles. The molecule has 2 unspecified atom stereocenters. The average Bonchev–Trinajstić information content (AvgIpc) is 3.29. The largest absolute Gasteiger partial charge is 0.368 e. The molecule has 3 aromatic rings. The molecule has 7 heteroatoms. The van der Waals surface area contributed by atoms with Gasteiger partial charge < -0.3 is 20.9 Å². The van der Waals surface area contributed by atoms with Crippen molar-refractivity contribution in [3.8, 4) is 11.3 Å². The van der Waals surface area contributed by atoms with Crippen LogP contribution in [0, 0.1) is 5.92 Å². The van der Waals surface area contributed by atoms with Crippen molar-refractivity contribution in [1.29, 1.82) is 0 Å². The van der Waals surface area contributed by atoms with Gasteiger partial charge in [0.2, 0.25) is 5.95 Å². The number of nitrogen functional groups attached to an aromatic ring is 1. The van der Waals surface area contributed by atoms with Gasteiger partial charge in [-0.3, -0.25) is 0 Å². The van der Waals surface area contributed by atoms with Gasteiger partial charge in [0.15, 0.2) is 0 Å². The van der Waals surface area contributed by atoms with Gasteiger partial charge >= 0.3 is 0 Å². The van der Waals surface area contributed by atoms with Gasteiger partial charge in [0, 0.05) is 49.8 Å². The zero-order valence-corrected chi connectivity index (χ0v) is 13.2. The quantitative estimate of drug-likeness (QED) is 0.660. The number of H-pyrrole nitrogens is 1. The van der Waals surface area contributed by atoms with E-state index in [-0.39, 0.29) is 5.95 Å². The number of pyridine rings is 1. The predicted molar refractivity (Wildman–Crippen MR) is 93.6 cm³/mol. The summed E-state index contributed by atoms with van der Waals surface area (Å²) in [4.78, 5) is 18.7. The maximum Gasteiger partial charge on any atom is 0.220 e. The number of aromatic amines is 1. The van der Waals surface area contributed by atoms with E-state index in [1.165, 1.54) is 12.1 Å². The minimum absolute atomic E-state index is 0.286. The van der Waals surface area contributed by atoms with Crippen molar-refractivity contribution in [3.63, 3.8) is 0 Å². The van der Waals surface area contributed by atoms with Crippen LogP contribution in [-0.2, 0) is 0 Å². The van der Waals surface area contributed by atoms with Gasteiger partial charge in [0.1, 0.15) is 5.65 Å². The number of hydrogen-bond donors (Lipinski definition) is 3. The van der Waals surface area contributed by atoms with E-state index in [1.807, 2.05) is 18.5 Å². The van der Waals surface area contributed by atoms with Gasteiger partial charge in [-0.1, -0.05) is 0 Å². The number of rotatable bonds is 2. The zero-order valence-electron chi connectivity index (χ0n) is 13.2. The van der Waals surface area contributed by atoms with Crippen molar-refractivity contribution in [2.45, 2.75) is 12.5 Å². The first-order valence-corrected chi connectivity index (χ1v) is 8.33. The highest BCUT2D eigenvalue weighted by Crippen LogP contribution is 2.39. The van der Waals surface area contributed by atoms with Crippen LogP contribution in [0.1, 0.15) is 6.42 Å². The fourth-order valence-corrected chi connectivity index (χ4v) is 4.15. The summed E-state index contributed by atoms with van der Waals surface area (Å²) in [5.41, 5.74) is 9.73. The topological polar surface area (TPSA) is 95.8 Å². The second-order valence-corrected chi connectivity index (χ2v) is 6.52. The average molecular weight is 321 g/mol. The van der Waals surface area contributed by atoms with Crippen molar-refractivity contribution in [2.24, 2.45) is 5.92 Å². The maximum atomic E-state index is 5.77. The molecule has 0 spiro atoms. The Morgan fingerprint density at radius 2 is 2.08 bits per heavy atom. The highest BCUT2D eigenvalue weighted by atomic mass is 15.2. The highest BCUT2D eigenvalue weighted by molar-refractivity contribution is 6.02. The van der Waals surface area contributed by atoms with Crippen LogP contribution in [0.2, 0.25) is 0 Å². The summed E-state index contributed by atoms with van der Waals surface area (Å²) in [5.74, 6) is 1.03. The lowest BCUT2D eigenvalue weighted by Gasteiger charge is -2.26. The van der Waals surface area contributed by atoms with E-state index in [0.29, 0.717) is 6.04 Å². The molecule has 0 bridgehead atoms. The van der Waals surface area contributed by atoms with Crippen molar-refractivity contribution in [1.82, 2.24) is 25.3 Å². The Hall–Kier alpha value is -2.67. The molecule has 3 aromatic heterocycles. The highest BCUT2D eigenvalue weighted by Gasteiger charge is 2.38. The van der Waals surface area contributed by atoms with E-state index < -0.39 is 0 Å². The Balaban J connectivity index is 1.68. The van der Waals surface area contributed by atoms with Crippen LogP contribution in [0.15, 0.2) is 30.7 Å². The first-order chi connectivity index (χ1) is 11.8. The first kappa shape index (κ1) is 13.7. The third-order valence-electron chi connectivity index (χ3n) is 5.26. The monoisotopic (exact) mass is 321 g/mol. The van der Waals surface area contributed by atoms with Gasteiger partial charge in [0.05, 0.1) is 16.8 Å². The summed E-state index contributed by atoms with van der Waals surface area (Å²) < 4.78 is 0. The minimum atomic E-state index is 0.286. The number of fused-ring (bicyclic) bond motifs is 2. The molecular weight excluding hydrogens is 302 g/mol. The molecule has 2 saturated heterocycles. The van der Waals surface area contributed by atoms with Crippen molar-refractivity contribution in [2.75, 3.05) is 30.3 Å². The maximum absolute atomic E-state index is 5.77. The molecule has 0 amide bonds. The number of nitrogens with zero attached hydrogens (tertiary/aromatic N) is 4. The Labute approximate surface area is 139 Å². The summed E-state index contributed by atoms with van der Waals surface area (Å²) in [6.07, 6.45) is 6.77. The molecule has 24 heavy (non-hydrogen) atoms. The molecule has 0 radical (unpaired) electrons. The molecule has 2 aliphatic rings. The van der Waals surface area contributed by atoms with E-state index in [4.69, 9.17) is 5.73 Å². The Morgan fingerprint density at radius 1 is 1.17 bits per heavy atom. The fourth-order valence-electron chi connectivity index (χ4n) is 4.15. The summed E-state index contributed by atoms with van der Waals surface area (Å²) in [6.45, 7) is 3.26. The number of nitrogens with one attached hydrogen (secondary N) is 2. The molecular formula is C17H19N7. The minimum Gasteiger partial charge on any atom is -0.368 e. The van der Waals surface area contributed by atoms with Crippen molar-refractivity contribution in [3.05, 3.63) is 30.7 Å². The van der Waals surface area contributed by atoms with Crippen LogP contribution < -0.4 is 16.0 Å². The van der Waals surface area contributed by atoms with Crippen LogP contribution in [0.4, 0.5) is 11.6 Å². The van der Waals surface area contributed by atoms with Crippen LogP contribution >= 0.6 is 0 Å². The standard InChI is InChI=1S/C17H19N7/c18-17-21-4-1-12(23-17)11-8-22-16-15(11)13(2-5-20-16)24-6-3-10-7-19-9-14(10)24/h1-2,4-5,8,10,14,19H,3,6-7,9H2,(H,20,22)(H2,18,21,23). The molecule has 7 nitrogen and oxygen atoms in total. The number of anilines is 2. The normalized spacial score (nSPS) is 23.1. The van der Waals surface area contributed by atoms with E-state index in [1.54, 1.807) is 6.20 Å². The van der Waals surface area contributed by atoms with Gasteiger partial charge in [-0.2, -0.15) is 0 Å². The molecule has 5 heterocycles. The third kappa shape index (κ3) is 1.98. The number of hydrogen-bond acceptors (Lipinski definition) is 6. The van der Waals surface area contributed by atoms with Crippen molar-refractivity contribution >= 4 is 22.7 Å². The van der Waals surface area contributed by atoms with E-state index in [9.17, 15) is 0 Å². The Kier molecular flexibility index (Phi) is 2.96. The van der Waals surface area contributed by atoms with E-state index in [2.05, 4.69) is 36.2 Å². The molecule has 0 saturated carbocycles. The predicted octanol–water partition coefficient (Wildman–Crippen LogP) is 1.40. The molecule has 2 aliphatic heterocycles. The molecule has 5 rings (SSSR count). The van der Waals surface area contributed by atoms with Crippen LogP contribution in [0.3, 0.4) is 0 Å². The van der Waals surface area contributed by atoms with E-state index >= 15 is 0 Å². The zero-order chi connectivity index (χ0) is 16.1. The molecule has 122 valence electrons. The fraction of sp³-hybridized carbons (Fsp3) is 0.353. The lowest BCUT2D eigenvalue weighted by atomic mass is 10.0. The smallest absolute Gasteiger partial charge is 0.220 e. The summed E-state index contributed by atoms with van der Waals surface area (Å²) in [6, 6.07) is 4.57. The van der Waals surface area contributed by atoms with Crippen LogP contribution in [0.25, 0.3) is 22.3 Å². The lowest BCUT2D eigenvalue weighted by Crippen LogP contribution is -2.34.